The number of hydrogen-bond donors (Lipinski definition) is 0. The van der Waals surface area contributed by atoms with Gasteiger partial charge in [0.05, 0.1) is 5.69 Å². The minimum atomic E-state index is -1.88. The number of alkyl halides is 3. The van der Waals surface area contributed by atoms with Crippen molar-refractivity contribution in [2.75, 3.05) is 0 Å². The Balaban J connectivity index is 2.15. The van der Waals surface area contributed by atoms with Gasteiger partial charge in [0.1, 0.15) is 0 Å². The molecule has 0 aliphatic carbocycles. The summed E-state index contributed by atoms with van der Waals surface area (Å²) in [4.78, 5) is 12.0. The number of ketones is 1. The van der Waals surface area contributed by atoms with Crippen LogP contribution in [-0.4, -0.2) is 14.1 Å². The molecular weight excluding hydrogens is 353 g/mol. The van der Waals surface area contributed by atoms with Crippen LogP contribution in [0.5, 0.6) is 0 Å². The van der Waals surface area contributed by atoms with Crippen molar-refractivity contribution >= 4 is 40.6 Å². The fourth-order valence-corrected chi connectivity index (χ4v) is 3.02. The maximum atomic E-state index is 12.0. The maximum absolute atomic E-state index is 12.0. The number of rotatable bonds is 12. The predicted molar refractivity (Wildman–Crippen MR) is 101 cm³/mol. The first kappa shape index (κ1) is 20.9. The molecule has 5 heteroatoms. The first-order valence-corrected chi connectivity index (χ1v) is 9.87. The summed E-state index contributed by atoms with van der Waals surface area (Å²) in [6.07, 6.45) is 14.8. The highest BCUT2D eigenvalue weighted by Gasteiger charge is 2.33. The fourth-order valence-electron chi connectivity index (χ4n) is 2.73. The van der Waals surface area contributed by atoms with Crippen LogP contribution >= 0.6 is 34.8 Å². The predicted octanol–water partition coefficient (Wildman–Crippen LogP) is 6.96. The van der Waals surface area contributed by atoms with Crippen LogP contribution in [0.1, 0.15) is 81.6 Å². The smallest absolute Gasteiger partial charge is 0.255 e. The van der Waals surface area contributed by atoms with E-state index < -0.39 is 9.58 Å². The first-order valence-electron chi connectivity index (χ1n) is 8.73. The molecule has 1 rings (SSSR count). The summed E-state index contributed by atoms with van der Waals surface area (Å²) >= 11 is 17.0. The van der Waals surface area contributed by atoms with E-state index in [1.54, 1.807) is 6.07 Å². The van der Waals surface area contributed by atoms with Crippen molar-refractivity contribution in [3.8, 4) is 0 Å². The molecule has 0 fully saturated rings. The average molecular weight is 381 g/mol. The zero-order valence-electron chi connectivity index (χ0n) is 14.0. The molecule has 0 bridgehead atoms. The van der Waals surface area contributed by atoms with Gasteiger partial charge in [-0.15, -0.1) is 0 Å². The van der Waals surface area contributed by atoms with Crippen molar-refractivity contribution in [1.29, 1.82) is 0 Å². The van der Waals surface area contributed by atoms with Gasteiger partial charge >= 0.3 is 0 Å². The summed E-state index contributed by atoms with van der Waals surface area (Å²) in [5.41, 5.74) is 0.473. The number of carbonyl (C=O) groups excluding carboxylic acids is 1. The van der Waals surface area contributed by atoms with Gasteiger partial charge in [-0.25, -0.2) is 0 Å². The van der Waals surface area contributed by atoms with E-state index in [4.69, 9.17) is 34.8 Å². The second kappa shape index (κ2) is 11.4. The van der Waals surface area contributed by atoms with Crippen molar-refractivity contribution in [3.05, 3.63) is 24.0 Å². The molecule has 1 heterocycles. The zero-order chi connectivity index (χ0) is 17.1. The molecule has 0 unspecified atom stereocenters. The molecule has 2 nitrogen and oxygen atoms in total. The molecule has 0 amide bonds. The van der Waals surface area contributed by atoms with Gasteiger partial charge in [-0.3, -0.25) is 4.79 Å². The quantitative estimate of drug-likeness (QED) is 0.218. The topological polar surface area (TPSA) is 22.0 Å². The first-order chi connectivity index (χ1) is 11.0. The number of Topliss-reactive ketones (excluding diaryl/α,β-unsaturated/α-hetero) is 1. The monoisotopic (exact) mass is 379 g/mol. The lowest BCUT2D eigenvalue weighted by Crippen LogP contribution is -2.22. The van der Waals surface area contributed by atoms with Gasteiger partial charge in [0.2, 0.25) is 5.78 Å². The number of aromatic nitrogens is 1. The van der Waals surface area contributed by atoms with Gasteiger partial charge in [0.25, 0.3) is 3.79 Å². The van der Waals surface area contributed by atoms with E-state index in [0.29, 0.717) is 5.69 Å². The second-order valence-corrected chi connectivity index (χ2v) is 8.38. The largest absolute Gasteiger partial charge is 0.345 e. The molecule has 0 spiro atoms. The Morgan fingerprint density at radius 3 is 2.00 bits per heavy atom. The average Bonchev–Trinajstić information content (AvgIpc) is 2.95. The highest BCUT2D eigenvalue weighted by atomic mass is 35.6. The van der Waals surface area contributed by atoms with Crippen LogP contribution in [-0.2, 0) is 6.54 Å². The molecule has 132 valence electrons. The second-order valence-electron chi connectivity index (χ2n) is 6.10. The van der Waals surface area contributed by atoms with Gasteiger partial charge in [-0.2, -0.15) is 0 Å². The molecule has 0 N–H and O–H groups in total. The Labute approximate surface area is 155 Å². The molecule has 0 aliphatic heterocycles. The molecule has 1 aromatic rings. The van der Waals surface area contributed by atoms with E-state index in [0.717, 1.165) is 13.0 Å². The van der Waals surface area contributed by atoms with E-state index in [2.05, 4.69) is 6.92 Å². The Morgan fingerprint density at radius 2 is 1.48 bits per heavy atom. The van der Waals surface area contributed by atoms with E-state index in [1.807, 2.05) is 16.8 Å². The summed E-state index contributed by atoms with van der Waals surface area (Å²) in [5, 5.41) is 0. The number of hydrogen-bond acceptors (Lipinski definition) is 1. The lowest BCUT2D eigenvalue weighted by Gasteiger charge is -2.12. The number of unbranched alkanes of at least 4 members (excludes halogenated alkanes) is 9. The normalized spacial score (nSPS) is 11.8. The fraction of sp³-hybridized carbons (Fsp3) is 0.722. The molecule has 0 aromatic carbocycles. The lowest BCUT2D eigenvalue weighted by atomic mass is 10.1. The molecular formula is C18H28Cl3NO. The van der Waals surface area contributed by atoms with Crippen LogP contribution in [0.15, 0.2) is 18.3 Å². The number of carbonyl (C=O) groups is 1. The third kappa shape index (κ3) is 8.47. The van der Waals surface area contributed by atoms with E-state index in [1.165, 1.54) is 57.8 Å². The summed E-state index contributed by atoms with van der Waals surface area (Å²) in [6.45, 7) is 3.04. The minimum absolute atomic E-state index is 0.459. The van der Waals surface area contributed by atoms with Crippen LogP contribution < -0.4 is 0 Å². The number of halogens is 3. The molecule has 0 saturated heterocycles. The summed E-state index contributed by atoms with van der Waals surface area (Å²) < 4.78 is 0.00283. The van der Waals surface area contributed by atoms with Gasteiger partial charge in [0, 0.05) is 12.7 Å². The van der Waals surface area contributed by atoms with Crippen molar-refractivity contribution < 1.29 is 4.79 Å². The van der Waals surface area contributed by atoms with Crippen molar-refractivity contribution in [1.82, 2.24) is 4.57 Å². The summed E-state index contributed by atoms with van der Waals surface area (Å²) in [5.74, 6) is -0.459. The van der Waals surface area contributed by atoms with Crippen LogP contribution in [0.4, 0.5) is 0 Å². The van der Waals surface area contributed by atoms with Gasteiger partial charge in [-0.05, 0) is 18.6 Å². The molecule has 0 radical (unpaired) electrons. The third-order valence-electron chi connectivity index (χ3n) is 4.07. The SMILES string of the molecule is CCCCCCCCCCCCn1cccc1C(=O)C(Cl)(Cl)Cl. The summed E-state index contributed by atoms with van der Waals surface area (Å²) in [7, 11) is 0. The van der Waals surface area contributed by atoms with Gasteiger partial charge < -0.3 is 4.57 Å². The Kier molecular flexibility index (Phi) is 10.3. The van der Waals surface area contributed by atoms with Crippen LogP contribution in [0.2, 0.25) is 0 Å². The molecule has 0 saturated carbocycles. The summed E-state index contributed by atoms with van der Waals surface area (Å²) in [6, 6.07) is 3.53. The van der Waals surface area contributed by atoms with Crippen LogP contribution in [0.3, 0.4) is 0 Å². The lowest BCUT2D eigenvalue weighted by molar-refractivity contribution is 0.0987. The third-order valence-corrected chi connectivity index (χ3v) is 4.59. The van der Waals surface area contributed by atoms with Crippen molar-refractivity contribution in [2.24, 2.45) is 0 Å². The maximum Gasteiger partial charge on any atom is 0.255 e. The highest BCUT2D eigenvalue weighted by Crippen LogP contribution is 2.30. The van der Waals surface area contributed by atoms with E-state index in [-0.39, 0.29) is 0 Å². The zero-order valence-corrected chi connectivity index (χ0v) is 16.3. The standard InChI is InChI=1S/C18H28Cl3NO/c1-2-3-4-5-6-7-8-9-10-11-14-22-15-12-13-16(22)17(23)18(19,20)21/h12-13,15H,2-11,14H2,1H3. The molecule has 0 aliphatic rings. The van der Waals surface area contributed by atoms with Crippen molar-refractivity contribution in [2.45, 2.75) is 81.5 Å². The number of aryl methyl sites for hydroxylation is 1. The molecule has 23 heavy (non-hydrogen) atoms. The number of nitrogens with zero attached hydrogens (tertiary/aromatic N) is 1. The molecule has 0 atom stereocenters. The van der Waals surface area contributed by atoms with Crippen LogP contribution in [0.25, 0.3) is 0 Å². The van der Waals surface area contributed by atoms with Gasteiger partial charge in [0.15, 0.2) is 0 Å². The van der Waals surface area contributed by atoms with Gasteiger partial charge in [-0.1, -0.05) is 99.5 Å². The van der Waals surface area contributed by atoms with E-state index in [9.17, 15) is 4.79 Å². The van der Waals surface area contributed by atoms with Crippen molar-refractivity contribution in [3.63, 3.8) is 0 Å². The Bertz CT molecular complexity index is 451. The Morgan fingerprint density at radius 1 is 0.957 bits per heavy atom. The Hall–Kier alpha value is -0.180. The minimum Gasteiger partial charge on any atom is -0.345 e. The van der Waals surface area contributed by atoms with E-state index >= 15 is 0 Å². The molecule has 1 aromatic heterocycles. The highest BCUT2D eigenvalue weighted by molar-refractivity contribution is 6.77. The van der Waals surface area contributed by atoms with Crippen LogP contribution in [0, 0.1) is 0 Å².